The Morgan fingerprint density at radius 3 is 2.54 bits per heavy atom. The van der Waals surface area contributed by atoms with E-state index in [1.54, 1.807) is 6.20 Å². The molecule has 1 N–H and O–H groups in total. The number of aromatic amines is 1. The molecular formula is C28H40N6O. The number of unbranched alkanes of at least 4 members (excludes halogenated alkanes) is 1. The number of benzene rings is 1. The summed E-state index contributed by atoms with van der Waals surface area (Å²) in [6, 6.07) is 4.78. The van der Waals surface area contributed by atoms with Gasteiger partial charge in [-0.1, -0.05) is 19.4 Å². The van der Waals surface area contributed by atoms with Gasteiger partial charge in [0.1, 0.15) is 0 Å². The molecule has 2 aliphatic heterocycles. The van der Waals surface area contributed by atoms with Crippen molar-refractivity contribution in [3.8, 4) is 0 Å². The summed E-state index contributed by atoms with van der Waals surface area (Å²) in [5, 5.41) is 6.53. The highest BCUT2D eigenvalue weighted by Crippen LogP contribution is 2.33. The first-order valence-corrected chi connectivity index (χ1v) is 13.4. The second-order valence-corrected chi connectivity index (χ2v) is 10.4. The van der Waals surface area contributed by atoms with E-state index in [0.29, 0.717) is 11.4 Å². The number of aromatic nitrogens is 3. The number of H-pyrrole nitrogens is 1. The molecule has 188 valence electrons. The van der Waals surface area contributed by atoms with Gasteiger partial charge in [-0.15, -0.1) is 0 Å². The number of fused-ring (bicyclic) bond motifs is 3. The van der Waals surface area contributed by atoms with Crippen molar-refractivity contribution in [2.75, 3.05) is 52.9 Å². The summed E-state index contributed by atoms with van der Waals surface area (Å²) >= 11 is 0. The predicted octanol–water partition coefficient (Wildman–Crippen LogP) is 4.23. The van der Waals surface area contributed by atoms with Gasteiger partial charge in [-0.3, -0.25) is 14.4 Å². The van der Waals surface area contributed by atoms with Gasteiger partial charge in [-0.2, -0.15) is 5.10 Å². The van der Waals surface area contributed by atoms with E-state index in [2.05, 4.69) is 70.4 Å². The smallest absolute Gasteiger partial charge is 0.259 e. The molecular weight excluding hydrogens is 436 g/mol. The topological polar surface area (TPSA) is 60.4 Å². The number of pyridine rings is 1. The van der Waals surface area contributed by atoms with Gasteiger partial charge in [-0.25, -0.2) is 0 Å². The number of rotatable bonds is 6. The molecule has 2 fully saturated rings. The average molecular weight is 477 g/mol. The van der Waals surface area contributed by atoms with Gasteiger partial charge in [0.2, 0.25) is 0 Å². The minimum absolute atomic E-state index is 0.0479. The normalized spacial score (nSPS) is 19.3. The number of allylic oxidation sites excluding steroid dienone is 1. The molecule has 7 heteroatoms. The van der Waals surface area contributed by atoms with Crippen molar-refractivity contribution < 1.29 is 0 Å². The van der Waals surface area contributed by atoms with E-state index in [4.69, 9.17) is 5.10 Å². The summed E-state index contributed by atoms with van der Waals surface area (Å²) in [6.07, 6.45) is 8.66. The zero-order valence-electron chi connectivity index (χ0n) is 21.8. The van der Waals surface area contributed by atoms with Crippen LogP contribution in [0.5, 0.6) is 0 Å². The zero-order chi connectivity index (χ0) is 24.5. The maximum atomic E-state index is 12.9. The molecule has 0 unspecified atom stereocenters. The van der Waals surface area contributed by atoms with Crippen LogP contribution in [0.1, 0.15) is 56.7 Å². The Hall–Kier alpha value is -2.64. The van der Waals surface area contributed by atoms with Gasteiger partial charge in [0.25, 0.3) is 5.56 Å². The van der Waals surface area contributed by atoms with Crippen molar-refractivity contribution in [1.29, 1.82) is 0 Å². The summed E-state index contributed by atoms with van der Waals surface area (Å²) < 4.78 is 2.14. The van der Waals surface area contributed by atoms with E-state index in [9.17, 15) is 4.79 Å². The third-order valence-corrected chi connectivity index (χ3v) is 8.03. The van der Waals surface area contributed by atoms with Crippen molar-refractivity contribution in [3.63, 3.8) is 0 Å². The lowest BCUT2D eigenvalue weighted by Crippen LogP contribution is -2.45. The van der Waals surface area contributed by atoms with Crippen LogP contribution >= 0.6 is 0 Å². The SMILES string of the molecule is CC=C(c1cc2c(cc1C)[nH]c(=O)c1cnn(C3CCN(C)CC3)c12)N1CCN(CCCC)CC1. The van der Waals surface area contributed by atoms with Crippen LogP contribution in [0.2, 0.25) is 0 Å². The molecule has 3 aromatic rings. The highest BCUT2D eigenvalue weighted by atomic mass is 16.1. The Balaban J connectivity index is 1.54. The molecule has 4 heterocycles. The standard InChI is InChI=1S/C28H40N6O/c1-5-7-10-32-13-15-33(16-14-32)26(6-2)22-18-23-25(17-20(22)3)30-28(35)24-19-29-34(27(23)24)21-8-11-31(4)12-9-21/h6,17-19,21H,5,7-16H2,1-4H3,(H,30,35). The summed E-state index contributed by atoms with van der Waals surface area (Å²) in [7, 11) is 2.18. The second-order valence-electron chi connectivity index (χ2n) is 10.4. The predicted molar refractivity (Wildman–Crippen MR) is 145 cm³/mol. The minimum atomic E-state index is -0.0479. The molecule has 1 aromatic carbocycles. The first-order chi connectivity index (χ1) is 17.0. The Bertz CT molecular complexity index is 1270. The first kappa shape index (κ1) is 24.1. The van der Waals surface area contributed by atoms with E-state index in [1.165, 1.54) is 36.2 Å². The van der Waals surface area contributed by atoms with E-state index in [-0.39, 0.29) is 5.56 Å². The fourth-order valence-electron chi connectivity index (χ4n) is 5.89. The summed E-state index contributed by atoms with van der Waals surface area (Å²) in [5.74, 6) is 0. The number of hydrogen-bond donors (Lipinski definition) is 1. The Morgan fingerprint density at radius 1 is 1.11 bits per heavy atom. The summed E-state index contributed by atoms with van der Waals surface area (Å²) in [5.41, 5.74) is 5.58. The summed E-state index contributed by atoms with van der Waals surface area (Å²) in [4.78, 5) is 23.6. The maximum Gasteiger partial charge on any atom is 0.259 e. The number of hydrogen-bond acceptors (Lipinski definition) is 5. The monoisotopic (exact) mass is 476 g/mol. The van der Waals surface area contributed by atoms with Crippen LogP contribution in [0.4, 0.5) is 0 Å². The van der Waals surface area contributed by atoms with Crippen molar-refractivity contribution in [2.45, 2.75) is 52.5 Å². The highest BCUT2D eigenvalue weighted by molar-refractivity contribution is 6.04. The molecule has 0 amide bonds. The molecule has 0 radical (unpaired) electrons. The molecule has 2 saturated heterocycles. The number of piperazine rings is 1. The Kier molecular flexibility index (Phi) is 6.98. The minimum Gasteiger partial charge on any atom is -0.369 e. The van der Waals surface area contributed by atoms with Crippen LogP contribution < -0.4 is 5.56 Å². The quantitative estimate of drug-likeness (QED) is 0.577. The van der Waals surface area contributed by atoms with Crippen LogP contribution in [0.25, 0.3) is 27.5 Å². The number of nitrogens with zero attached hydrogens (tertiary/aromatic N) is 5. The highest BCUT2D eigenvalue weighted by Gasteiger charge is 2.24. The number of piperidine rings is 1. The molecule has 2 aromatic heterocycles. The number of likely N-dealkylation sites (tertiary alicyclic amines) is 1. The Labute approximate surface area is 208 Å². The van der Waals surface area contributed by atoms with Crippen LogP contribution in [-0.4, -0.2) is 82.3 Å². The van der Waals surface area contributed by atoms with Crippen molar-refractivity contribution in [1.82, 2.24) is 29.5 Å². The van der Waals surface area contributed by atoms with Crippen molar-refractivity contribution >= 4 is 27.5 Å². The van der Waals surface area contributed by atoms with Crippen LogP contribution in [-0.2, 0) is 0 Å². The zero-order valence-corrected chi connectivity index (χ0v) is 21.8. The largest absolute Gasteiger partial charge is 0.369 e. The fraction of sp³-hybridized carbons (Fsp3) is 0.571. The van der Waals surface area contributed by atoms with Crippen molar-refractivity contribution in [2.24, 2.45) is 0 Å². The molecule has 0 atom stereocenters. The molecule has 0 spiro atoms. The van der Waals surface area contributed by atoms with E-state index < -0.39 is 0 Å². The maximum absolute atomic E-state index is 12.9. The third-order valence-electron chi connectivity index (χ3n) is 8.03. The number of aryl methyl sites for hydroxylation is 1. The lowest BCUT2D eigenvalue weighted by molar-refractivity contribution is 0.173. The average Bonchev–Trinajstić information content (AvgIpc) is 3.31. The third kappa shape index (κ3) is 4.64. The molecule has 0 bridgehead atoms. The van der Waals surface area contributed by atoms with Gasteiger partial charge in [0.15, 0.2) is 0 Å². The first-order valence-electron chi connectivity index (χ1n) is 13.4. The van der Waals surface area contributed by atoms with Gasteiger partial charge in [-0.05, 0) is 77.5 Å². The van der Waals surface area contributed by atoms with Gasteiger partial charge < -0.3 is 14.8 Å². The van der Waals surface area contributed by atoms with Crippen LogP contribution in [0, 0.1) is 6.92 Å². The van der Waals surface area contributed by atoms with E-state index in [0.717, 1.165) is 68.5 Å². The second kappa shape index (κ2) is 10.2. The molecule has 0 aliphatic carbocycles. The number of nitrogens with one attached hydrogen (secondary N) is 1. The van der Waals surface area contributed by atoms with E-state index >= 15 is 0 Å². The lowest BCUT2D eigenvalue weighted by atomic mass is 9.99. The molecule has 5 rings (SSSR count). The van der Waals surface area contributed by atoms with Gasteiger partial charge >= 0.3 is 0 Å². The fourth-order valence-corrected chi connectivity index (χ4v) is 5.89. The molecule has 0 saturated carbocycles. The van der Waals surface area contributed by atoms with Gasteiger partial charge in [0.05, 0.1) is 28.7 Å². The van der Waals surface area contributed by atoms with Gasteiger partial charge in [0, 0.05) is 42.8 Å². The molecule has 35 heavy (non-hydrogen) atoms. The molecule has 7 nitrogen and oxygen atoms in total. The summed E-state index contributed by atoms with van der Waals surface area (Å²) in [6.45, 7) is 14.2. The van der Waals surface area contributed by atoms with E-state index in [1.807, 2.05) is 0 Å². The van der Waals surface area contributed by atoms with Crippen LogP contribution in [0.15, 0.2) is 29.2 Å². The Morgan fingerprint density at radius 2 is 1.86 bits per heavy atom. The van der Waals surface area contributed by atoms with Crippen LogP contribution in [0.3, 0.4) is 0 Å². The lowest BCUT2D eigenvalue weighted by Gasteiger charge is -2.38. The molecule has 2 aliphatic rings. The van der Waals surface area contributed by atoms with Crippen molar-refractivity contribution in [3.05, 3.63) is 45.9 Å².